The first-order valence-electron chi connectivity index (χ1n) is 5.73. The summed E-state index contributed by atoms with van der Waals surface area (Å²) >= 11 is 0. The van der Waals surface area contributed by atoms with Gasteiger partial charge in [-0.25, -0.2) is 0 Å². The Bertz CT molecular complexity index is 338. The van der Waals surface area contributed by atoms with Gasteiger partial charge in [0.2, 0.25) is 0 Å². The fourth-order valence-electron chi connectivity index (χ4n) is 1.31. The van der Waals surface area contributed by atoms with E-state index in [4.69, 9.17) is 19.3 Å². The highest BCUT2D eigenvalue weighted by atomic mass is 16.5. The van der Waals surface area contributed by atoms with E-state index < -0.39 is 0 Å². The maximum Gasteiger partial charge on any atom is 0.161 e. The van der Waals surface area contributed by atoms with E-state index in [1.165, 1.54) is 0 Å². The van der Waals surface area contributed by atoms with E-state index in [0.29, 0.717) is 24.7 Å². The number of hydrogen-bond acceptors (Lipinski definition) is 4. The standard InChI is InChI=1S/C13H20O4/c1-4-16-13-7-11(8-14)5-6-12(13)17-9-10(2)15-3/h5-7,10,14H,4,8-9H2,1-3H3. The van der Waals surface area contributed by atoms with Gasteiger partial charge in [-0.15, -0.1) is 0 Å². The minimum absolute atomic E-state index is 0.00513. The van der Waals surface area contributed by atoms with E-state index >= 15 is 0 Å². The van der Waals surface area contributed by atoms with E-state index in [1.807, 2.05) is 19.9 Å². The fourth-order valence-corrected chi connectivity index (χ4v) is 1.31. The van der Waals surface area contributed by atoms with Crippen molar-refractivity contribution in [2.24, 2.45) is 0 Å². The Morgan fingerprint density at radius 2 is 2.00 bits per heavy atom. The Hall–Kier alpha value is -1.26. The fraction of sp³-hybridized carbons (Fsp3) is 0.538. The van der Waals surface area contributed by atoms with Crippen molar-refractivity contribution in [3.05, 3.63) is 23.8 Å². The zero-order chi connectivity index (χ0) is 12.7. The van der Waals surface area contributed by atoms with Gasteiger partial charge in [-0.1, -0.05) is 6.07 Å². The Kier molecular flexibility index (Phi) is 5.80. The SMILES string of the molecule is CCOc1cc(CO)ccc1OCC(C)OC. The Morgan fingerprint density at radius 3 is 2.59 bits per heavy atom. The third-order valence-corrected chi connectivity index (χ3v) is 2.37. The van der Waals surface area contributed by atoms with Crippen molar-refractivity contribution < 1.29 is 19.3 Å². The summed E-state index contributed by atoms with van der Waals surface area (Å²) in [6.45, 7) is 4.87. The van der Waals surface area contributed by atoms with Gasteiger partial charge in [0.15, 0.2) is 11.5 Å². The Balaban J connectivity index is 2.75. The summed E-state index contributed by atoms with van der Waals surface area (Å²) < 4.78 is 16.2. The van der Waals surface area contributed by atoms with E-state index in [0.717, 1.165) is 5.56 Å². The molecule has 96 valence electrons. The van der Waals surface area contributed by atoms with Gasteiger partial charge in [-0.05, 0) is 31.5 Å². The molecule has 0 aliphatic rings. The molecule has 4 nitrogen and oxygen atoms in total. The molecule has 0 saturated heterocycles. The molecule has 0 spiro atoms. The quantitative estimate of drug-likeness (QED) is 0.791. The van der Waals surface area contributed by atoms with Crippen LogP contribution in [0.2, 0.25) is 0 Å². The lowest BCUT2D eigenvalue weighted by Gasteiger charge is -2.15. The van der Waals surface area contributed by atoms with Crippen LogP contribution < -0.4 is 9.47 Å². The minimum Gasteiger partial charge on any atom is -0.490 e. The summed E-state index contributed by atoms with van der Waals surface area (Å²) in [5.41, 5.74) is 0.806. The second kappa shape index (κ2) is 7.14. The molecule has 0 saturated carbocycles. The van der Waals surface area contributed by atoms with Crippen LogP contribution in [-0.4, -0.2) is 31.5 Å². The highest BCUT2D eigenvalue weighted by Crippen LogP contribution is 2.28. The van der Waals surface area contributed by atoms with Gasteiger partial charge in [-0.2, -0.15) is 0 Å². The molecule has 1 N–H and O–H groups in total. The molecule has 0 heterocycles. The van der Waals surface area contributed by atoms with Crippen LogP contribution >= 0.6 is 0 Å². The summed E-state index contributed by atoms with van der Waals surface area (Å²) in [6, 6.07) is 5.41. The van der Waals surface area contributed by atoms with Crippen LogP contribution in [-0.2, 0) is 11.3 Å². The van der Waals surface area contributed by atoms with Crippen LogP contribution in [0.4, 0.5) is 0 Å². The number of rotatable bonds is 7. The van der Waals surface area contributed by atoms with Crippen molar-refractivity contribution in [3.63, 3.8) is 0 Å². The van der Waals surface area contributed by atoms with Crippen molar-refractivity contribution >= 4 is 0 Å². The van der Waals surface area contributed by atoms with Crippen LogP contribution in [0.1, 0.15) is 19.4 Å². The molecule has 1 rings (SSSR count). The van der Waals surface area contributed by atoms with Gasteiger partial charge in [0.1, 0.15) is 6.61 Å². The summed E-state index contributed by atoms with van der Waals surface area (Å²) in [5, 5.41) is 9.06. The monoisotopic (exact) mass is 240 g/mol. The average molecular weight is 240 g/mol. The van der Waals surface area contributed by atoms with Gasteiger partial charge in [0.05, 0.1) is 19.3 Å². The Labute approximate surface area is 102 Å². The third-order valence-electron chi connectivity index (χ3n) is 2.37. The van der Waals surface area contributed by atoms with Gasteiger partial charge in [0.25, 0.3) is 0 Å². The highest BCUT2D eigenvalue weighted by Gasteiger charge is 2.08. The van der Waals surface area contributed by atoms with Crippen LogP contribution in [0.15, 0.2) is 18.2 Å². The molecule has 17 heavy (non-hydrogen) atoms. The molecule has 1 unspecified atom stereocenters. The molecule has 1 atom stereocenters. The molecule has 4 heteroatoms. The highest BCUT2D eigenvalue weighted by molar-refractivity contribution is 5.42. The lowest BCUT2D eigenvalue weighted by Crippen LogP contribution is -2.16. The van der Waals surface area contributed by atoms with Crippen LogP contribution in [0.3, 0.4) is 0 Å². The first-order chi connectivity index (χ1) is 8.21. The topological polar surface area (TPSA) is 47.9 Å². The van der Waals surface area contributed by atoms with Gasteiger partial charge >= 0.3 is 0 Å². The molecule has 0 radical (unpaired) electrons. The van der Waals surface area contributed by atoms with Crippen molar-refractivity contribution in [1.29, 1.82) is 0 Å². The maximum absolute atomic E-state index is 9.06. The summed E-state index contributed by atoms with van der Waals surface area (Å²) in [6.07, 6.45) is 0.0296. The summed E-state index contributed by atoms with van der Waals surface area (Å²) in [4.78, 5) is 0. The molecule has 1 aromatic carbocycles. The first kappa shape index (κ1) is 13.8. The number of hydrogen-bond donors (Lipinski definition) is 1. The smallest absolute Gasteiger partial charge is 0.161 e. The van der Waals surface area contributed by atoms with E-state index in [1.54, 1.807) is 19.2 Å². The molecule has 0 aliphatic heterocycles. The van der Waals surface area contributed by atoms with Gasteiger partial charge in [-0.3, -0.25) is 0 Å². The van der Waals surface area contributed by atoms with Crippen molar-refractivity contribution in [2.75, 3.05) is 20.3 Å². The van der Waals surface area contributed by atoms with Gasteiger partial charge < -0.3 is 19.3 Å². The first-order valence-corrected chi connectivity index (χ1v) is 5.73. The van der Waals surface area contributed by atoms with Crippen molar-refractivity contribution in [1.82, 2.24) is 0 Å². The number of aliphatic hydroxyl groups is 1. The molecule has 0 aliphatic carbocycles. The largest absolute Gasteiger partial charge is 0.490 e. The second-order valence-corrected chi connectivity index (χ2v) is 3.73. The lowest BCUT2D eigenvalue weighted by molar-refractivity contribution is 0.0703. The second-order valence-electron chi connectivity index (χ2n) is 3.73. The summed E-state index contributed by atoms with van der Waals surface area (Å²) in [5.74, 6) is 1.33. The summed E-state index contributed by atoms with van der Waals surface area (Å²) in [7, 11) is 1.65. The molecular formula is C13H20O4. The van der Waals surface area contributed by atoms with E-state index in [-0.39, 0.29) is 12.7 Å². The number of benzene rings is 1. The van der Waals surface area contributed by atoms with Crippen molar-refractivity contribution in [3.8, 4) is 11.5 Å². The zero-order valence-corrected chi connectivity index (χ0v) is 10.6. The van der Waals surface area contributed by atoms with Crippen LogP contribution in [0.25, 0.3) is 0 Å². The predicted molar refractivity (Wildman–Crippen MR) is 65.5 cm³/mol. The lowest BCUT2D eigenvalue weighted by atomic mass is 10.2. The van der Waals surface area contributed by atoms with E-state index in [2.05, 4.69) is 0 Å². The molecule has 0 fully saturated rings. The number of ether oxygens (including phenoxy) is 3. The normalized spacial score (nSPS) is 12.2. The van der Waals surface area contributed by atoms with Crippen LogP contribution in [0, 0.1) is 0 Å². The third kappa shape index (κ3) is 4.24. The average Bonchev–Trinajstić information content (AvgIpc) is 2.37. The zero-order valence-electron chi connectivity index (χ0n) is 10.6. The molecule has 0 aromatic heterocycles. The molecule has 0 amide bonds. The van der Waals surface area contributed by atoms with Crippen molar-refractivity contribution in [2.45, 2.75) is 26.6 Å². The molecule has 0 bridgehead atoms. The van der Waals surface area contributed by atoms with Gasteiger partial charge in [0, 0.05) is 7.11 Å². The number of aliphatic hydroxyl groups excluding tert-OH is 1. The molecule has 1 aromatic rings. The van der Waals surface area contributed by atoms with E-state index in [9.17, 15) is 0 Å². The number of methoxy groups -OCH3 is 1. The van der Waals surface area contributed by atoms with Crippen LogP contribution in [0.5, 0.6) is 11.5 Å². The Morgan fingerprint density at radius 1 is 1.24 bits per heavy atom. The maximum atomic E-state index is 9.06. The minimum atomic E-state index is -0.00513. The molecular weight excluding hydrogens is 220 g/mol. The predicted octanol–water partition coefficient (Wildman–Crippen LogP) is 1.99.